The summed E-state index contributed by atoms with van der Waals surface area (Å²) in [5, 5.41) is 3.78. The molecule has 3 aliphatic rings. The van der Waals surface area contributed by atoms with Crippen molar-refractivity contribution >= 4 is 0 Å². The van der Waals surface area contributed by atoms with E-state index in [-0.39, 0.29) is 0 Å². The van der Waals surface area contributed by atoms with E-state index in [4.69, 9.17) is 4.74 Å². The van der Waals surface area contributed by atoms with Crippen LogP contribution in [0.5, 0.6) is 0 Å². The Kier molecular flexibility index (Phi) is 4.48. The summed E-state index contributed by atoms with van der Waals surface area (Å²) in [5.41, 5.74) is 0.294. The van der Waals surface area contributed by atoms with Gasteiger partial charge in [-0.05, 0) is 44.4 Å². The molecule has 1 heterocycles. The quantitative estimate of drug-likeness (QED) is 0.782. The second-order valence-corrected chi connectivity index (χ2v) is 7.21. The topological polar surface area (TPSA) is 21.3 Å². The zero-order valence-electron chi connectivity index (χ0n) is 12.6. The minimum atomic E-state index is 0.294. The number of hydrogen-bond acceptors (Lipinski definition) is 2. The largest absolute Gasteiger partial charge is 0.370 e. The van der Waals surface area contributed by atoms with Crippen LogP contribution in [0, 0.1) is 5.92 Å². The Bertz CT molecular complexity index is 281. The lowest BCUT2D eigenvalue weighted by molar-refractivity contribution is -0.0630. The molecule has 2 nitrogen and oxygen atoms in total. The molecule has 1 spiro atoms. The maximum absolute atomic E-state index is 6.44. The third-order valence-corrected chi connectivity index (χ3v) is 5.55. The summed E-state index contributed by atoms with van der Waals surface area (Å²) >= 11 is 0. The molecule has 0 bridgehead atoms. The van der Waals surface area contributed by atoms with Crippen LogP contribution < -0.4 is 5.32 Å². The van der Waals surface area contributed by atoms with Crippen LogP contribution in [-0.2, 0) is 4.74 Å². The van der Waals surface area contributed by atoms with Gasteiger partial charge in [0.2, 0.25) is 0 Å². The van der Waals surface area contributed by atoms with Crippen molar-refractivity contribution < 1.29 is 4.74 Å². The van der Waals surface area contributed by atoms with Crippen LogP contribution in [0.2, 0.25) is 0 Å². The van der Waals surface area contributed by atoms with Crippen molar-refractivity contribution in [1.82, 2.24) is 5.32 Å². The molecule has 0 radical (unpaired) electrons. The molecule has 1 aliphatic heterocycles. The third-order valence-electron chi connectivity index (χ3n) is 5.55. The summed E-state index contributed by atoms with van der Waals surface area (Å²) in [6, 6.07) is 0.735. The molecule has 0 aromatic carbocycles. The molecule has 3 fully saturated rings. The minimum absolute atomic E-state index is 0.294. The predicted molar refractivity (Wildman–Crippen MR) is 79.3 cm³/mol. The van der Waals surface area contributed by atoms with Gasteiger partial charge >= 0.3 is 0 Å². The lowest BCUT2D eigenvalue weighted by atomic mass is 9.83. The van der Waals surface area contributed by atoms with Gasteiger partial charge < -0.3 is 10.1 Å². The van der Waals surface area contributed by atoms with Crippen molar-refractivity contribution in [3.63, 3.8) is 0 Å². The zero-order valence-corrected chi connectivity index (χ0v) is 12.6. The predicted octanol–water partition coefficient (Wildman–Crippen LogP) is 4.04. The second-order valence-electron chi connectivity index (χ2n) is 7.21. The fourth-order valence-electron chi connectivity index (χ4n) is 4.05. The summed E-state index contributed by atoms with van der Waals surface area (Å²) < 4.78 is 6.44. The van der Waals surface area contributed by atoms with Crippen LogP contribution in [-0.4, -0.2) is 24.3 Å². The summed E-state index contributed by atoms with van der Waals surface area (Å²) in [5.74, 6) is 1.03. The van der Waals surface area contributed by atoms with Gasteiger partial charge in [0.25, 0.3) is 0 Å². The van der Waals surface area contributed by atoms with Crippen LogP contribution in [0.3, 0.4) is 0 Å². The molecule has 19 heavy (non-hydrogen) atoms. The maximum atomic E-state index is 6.44. The van der Waals surface area contributed by atoms with Gasteiger partial charge in [0.1, 0.15) is 0 Å². The van der Waals surface area contributed by atoms with Crippen molar-refractivity contribution in [2.24, 2.45) is 5.92 Å². The van der Waals surface area contributed by atoms with Crippen LogP contribution in [0.4, 0.5) is 0 Å². The standard InChI is InChI=1S/C17H31NO/c1-2-15(12-14-6-7-14)18-13-16-8-11-17(19-16)9-4-3-5-10-17/h14-16,18H,2-13H2,1H3. The molecule has 110 valence electrons. The van der Waals surface area contributed by atoms with Gasteiger partial charge in [-0.2, -0.15) is 0 Å². The Labute approximate surface area is 118 Å². The third kappa shape index (κ3) is 3.72. The van der Waals surface area contributed by atoms with Gasteiger partial charge in [0.05, 0.1) is 11.7 Å². The van der Waals surface area contributed by atoms with Crippen molar-refractivity contribution in [2.75, 3.05) is 6.54 Å². The van der Waals surface area contributed by atoms with Crippen LogP contribution >= 0.6 is 0 Å². The first-order valence-electron chi connectivity index (χ1n) is 8.71. The summed E-state index contributed by atoms with van der Waals surface area (Å²) in [6.07, 6.45) is 15.6. The normalized spacial score (nSPS) is 31.7. The van der Waals surface area contributed by atoms with Gasteiger partial charge in [0.15, 0.2) is 0 Å². The molecular formula is C17H31NO. The Morgan fingerprint density at radius 2 is 1.89 bits per heavy atom. The first-order chi connectivity index (χ1) is 9.30. The van der Waals surface area contributed by atoms with Crippen molar-refractivity contribution in [2.45, 2.75) is 95.3 Å². The van der Waals surface area contributed by atoms with Crippen LogP contribution in [0.15, 0.2) is 0 Å². The molecule has 2 aliphatic carbocycles. The Hall–Kier alpha value is -0.0800. The molecule has 1 saturated heterocycles. The van der Waals surface area contributed by atoms with E-state index in [0.717, 1.165) is 18.5 Å². The average Bonchev–Trinajstić information content (AvgIpc) is 3.18. The first-order valence-corrected chi connectivity index (χ1v) is 8.71. The number of rotatable bonds is 6. The lowest BCUT2D eigenvalue weighted by Crippen LogP contribution is -2.38. The van der Waals surface area contributed by atoms with Crippen LogP contribution in [0.1, 0.15) is 77.6 Å². The highest BCUT2D eigenvalue weighted by atomic mass is 16.5. The fourth-order valence-corrected chi connectivity index (χ4v) is 4.05. The molecule has 2 heteroatoms. The second kappa shape index (κ2) is 6.13. The van der Waals surface area contributed by atoms with E-state index in [0.29, 0.717) is 11.7 Å². The van der Waals surface area contributed by atoms with E-state index in [1.807, 2.05) is 0 Å². The zero-order chi connectivity index (χ0) is 13.1. The van der Waals surface area contributed by atoms with Crippen molar-refractivity contribution in [3.05, 3.63) is 0 Å². The molecule has 2 atom stereocenters. The SMILES string of the molecule is CCC(CC1CC1)NCC1CCC2(CCCCC2)O1. The van der Waals surface area contributed by atoms with Gasteiger partial charge in [-0.3, -0.25) is 0 Å². The Balaban J connectivity index is 1.40. The highest BCUT2D eigenvalue weighted by molar-refractivity contribution is 4.92. The molecule has 0 aromatic rings. The molecule has 0 amide bonds. The molecule has 0 aromatic heterocycles. The highest BCUT2D eigenvalue weighted by Crippen LogP contribution is 2.41. The first kappa shape index (κ1) is 13.9. The van der Waals surface area contributed by atoms with E-state index in [1.165, 1.54) is 70.6 Å². The van der Waals surface area contributed by atoms with E-state index < -0.39 is 0 Å². The lowest BCUT2D eigenvalue weighted by Gasteiger charge is -2.33. The summed E-state index contributed by atoms with van der Waals surface area (Å²) in [4.78, 5) is 0. The monoisotopic (exact) mass is 265 g/mol. The minimum Gasteiger partial charge on any atom is -0.370 e. The fraction of sp³-hybridized carbons (Fsp3) is 1.00. The van der Waals surface area contributed by atoms with E-state index in [9.17, 15) is 0 Å². The number of ether oxygens (including phenoxy) is 1. The van der Waals surface area contributed by atoms with Crippen molar-refractivity contribution in [1.29, 1.82) is 0 Å². The van der Waals surface area contributed by atoms with Crippen LogP contribution in [0.25, 0.3) is 0 Å². The average molecular weight is 265 g/mol. The molecule has 2 saturated carbocycles. The Morgan fingerprint density at radius 3 is 2.58 bits per heavy atom. The number of nitrogens with one attached hydrogen (secondary N) is 1. The van der Waals surface area contributed by atoms with Gasteiger partial charge in [-0.1, -0.05) is 39.0 Å². The van der Waals surface area contributed by atoms with Gasteiger partial charge in [-0.25, -0.2) is 0 Å². The van der Waals surface area contributed by atoms with E-state index >= 15 is 0 Å². The van der Waals surface area contributed by atoms with E-state index in [2.05, 4.69) is 12.2 Å². The van der Waals surface area contributed by atoms with Gasteiger partial charge in [-0.15, -0.1) is 0 Å². The highest BCUT2D eigenvalue weighted by Gasteiger charge is 2.40. The maximum Gasteiger partial charge on any atom is 0.0708 e. The summed E-state index contributed by atoms with van der Waals surface area (Å²) in [6.45, 7) is 3.41. The van der Waals surface area contributed by atoms with Crippen molar-refractivity contribution in [3.8, 4) is 0 Å². The molecule has 3 rings (SSSR count). The summed E-state index contributed by atoms with van der Waals surface area (Å²) in [7, 11) is 0. The Morgan fingerprint density at radius 1 is 1.11 bits per heavy atom. The molecule has 2 unspecified atom stereocenters. The molecule has 1 N–H and O–H groups in total. The van der Waals surface area contributed by atoms with Gasteiger partial charge in [0, 0.05) is 12.6 Å². The smallest absolute Gasteiger partial charge is 0.0708 e. The van der Waals surface area contributed by atoms with E-state index in [1.54, 1.807) is 0 Å². The molecular weight excluding hydrogens is 234 g/mol. The number of hydrogen-bond donors (Lipinski definition) is 1.